The number of nitrogens with zero attached hydrogens (tertiary/aromatic N) is 3. The molecule has 1 fully saturated rings. The first-order valence-corrected chi connectivity index (χ1v) is 9.69. The monoisotopic (exact) mass is 383 g/mol. The molecule has 3 N–H and O–H groups in total. The number of benzene rings is 1. The number of hydrogen-bond acceptors (Lipinski definition) is 7. The number of morpholine rings is 1. The fourth-order valence-corrected chi connectivity index (χ4v) is 3.98. The normalized spacial score (nSPS) is 16.3. The quantitative estimate of drug-likeness (QED) is 0.701. The van der Waals surface area contributed by atoms with Gasteiger partial charge in [-0.15, -0.1) is 0 Å². The Morgan fingerprint density at radius 3 is 2.93 bits per heavy atom. The van der Waals surface area contributed by atoms with Crippen molar-refractivity contribution in [3.8, 4) is 0 Å². The van der Waals surface area contributed by atoms with Crippen LogP contribution in [0.3, 0.4) is 0 Å². The molecule has 0 saturated carbocycles. The maximum Gasteiger partial charge on any atom is 0.251 e. The number of nitrogens with two attached hydrogens (primary N) is 1. The van der Waals surface area contributed by atoms with Crippen LogP contribution in [0.15, 0.2) is 42.6 Å². The molecule has 1 aliphatic rings. The molecule has 0 spiro atoms. The molecule has 4 rings (SSSR count). The van der Waals surface area contributed by atoms with E-state index < -0.39 is 0 Å². The van der Waals surface area contributed by atoms with Gasteiger partial charge in [-0.1, -0.05) is 17.4 Å². The van der Waals surface area contributed by atoms with Crippen molar-refractivity contribution in [3.63, 3.8) is 0 Å². The van der Waals surface area contributed by atoms with Crippen molar-refractivity contribution in [1.82, 2.24) is 20.2 Å². The Morgan fingerprint density at radius 2 is 2.15 bits per heavy atom. The van der Waals surface area contributed by atoms with Crippen LogP contribution in [-0.4, -0.2) is 53.6 Å². The van der Waals surface area contributed by atoms with Gasteiger partial charge < -0.3 is 15.8 Å². The SMILES string of the molecule is Nc1nc2cc(C(=O)NCC(c3ccccn3)N3CCOCC3)ccc2s1. The summed E-state index contributed by atoms with van der Waals surface area (Å²) in [4.78, 5) is 23.7. The number of amides is 1. The van der Waals surface area contributed by atoms with E-state index in [1.165, 1.54) is 11.3 Å². The minimum absolute atomic E-state index is 0.0118. The smallest absolute Gasteiger partial charge is 0.251 e. The van der Waals surface area contributed by atoms with E-state index in [0.717, 1.165) is 29.0 Å². The van der Waals surface area contributed by atoms with Crippen LogP contribution in [-0.2, 0) is 4.74 Å². The first kappa shape index (κ1) is 17.8. The van der Waals surface area contributed by atoms with Gasteiger partial charge in [0.15, 0.2) is 5.13 Å². The van der Waals surface area contributed by atoms with Crippen molar-refractivity contribution in [2.45, 2.75) is 6.04 Å². The standard InChI is InChI=1S/C19H21N5O2S/c20-19-23-15-11-13(4-5-17(15)27-19)18(25)22-12-16(14-3-1-2-6-21-14)24-7-9-26-10-8-24/h1-6,11,16H,7-10,12H2,(H2,20,23)(H,22,25). The van der Waals surface area contributed by atoms with Gasteiger partial charge in [0, 0.05) is 31.4 Å². The lowest BCUT2D eigenvalue weighted by Gasteiger charge is -2.34. The van der Waals surface area contributed by atoms with Gasteiger partial charge in [0.2, 0.25) is 0 Å². The predicted molar refractivity (Wildman–Crippen MR) is 106 cm³/mol. The van der Waals surface area contributed by atoms with E-state index in [1.807, 2.05) is 24.3 Å². The van der Waals surface area contributed by atoms with Crippen molar-refractivity contribution in [3.05, 3.63) is 53.9 Å². The Kier molecular flexibility index (Phi) is 5.28. The zero-order valence-electron chi connectivity index (χ0n) is 14.8. The number of thiazole rings is 1. The highest BCUT2D eigenvalue weighted by Gasteiger charge is 2.24. The first-order chi connectivity index (χ1) is 13.2. The van der Waals surface area contributed by atoms with E-state index in [1.54, 1.807) is 18.3 Å². The van der Waals surface area contributed by atoms with E-state index in [-0.39, 0.29) is 11.9 Å². The maximum atomic E-state index is 12.7. The number of fused-ring (bicyclic) bond motifs is 1. The van der Waals surface area contributed by atoms with Gasteiger partial charge in [0.05, 0.1) is 35.2 Å². The molecule has 1 saturated heterocycles. The first-order valence-electron chi connectivity index (χ1n) is 8.88. The van der Waals surface area contributed by atoms with Crippen LogP contribution >= 0.6 is 11.3 Å². The number of nitrogens with one attached hydrogen (secondary N) is 1. The molecule has 1 aromatic carbocycles. The summed E-state index contributed by atoms with van der Waals surface area (Å²) in [5, 5.41) is 3.55. The van der Waals surface area contributed by atoms with Crippen LogP contribution in [0.25, 0.3) is 10.2 Å². The minimum Gasteiger partial charge on any atom is -0.379 e. The topological polar surface area (TPSA) is 93.4 Å². The third-order valence-electron chi connectivity index (χ3n) is 4.64. The van der Waals surface area contributed by atoms with Crippen molar-refractivity contribution >= 4 is 32.6 Å². The van der Waals surface area contributed by atoms with Gasteiger partial charge in [-0.05, 0) is 30.3 Å². The Bertz CT molecular complexity index is 924. The van der Waals surface area contributed by atoms with Crippen molar-refractivity contribution in [1.29, 1.82) is 0 Å². The summed E-state index contributed by atoms with van der Waals surface area (Å²) in [6.07, 6.45) is 1.78. The average Bonchev–Trinajstić information content (AvgIpc) is 3.09. The zero-order chi connectivity index (χ0) is 18.6. The number of pyridine rings is 1. The fraction of sp³-hybridized carbons (Fsp3) is 0.316. The van der Waals surface area contributed by atoms with Crippen LogP contribution < -0.4 is 11.1 Å². The second-order valence-electron chi connectivity index (χ2n) is 6.36. The third-order valence-corrected chi connectivity index (χ3v) is 5.50. The van der Waals surface area contributed by atoms with Gasteiger partial charge in [-0.2, -0.15) is 0 Å². The van der Waals surface area contributed by atoms with E-state index in [0.29, 0.717) is 30.5 Å². The van der Waals surface area contributed by atoms with Crippen LogP contribution in [0, 0.1) is 0 Å². The molecule has 1 aliphatic heterocycles. The molecule has 0 aliphatic carbocycles. The number of ether oxygens (including phenoxy) is 1. The molecular weight excluding hydrogens is 362 g/mol. The van der Waals surface area contributed by atoms with Gasteiger partial charge >= 0.3 is 0 Å². The molecule has 3 aromatic rings. The Hall–Kier alpha value is -2.55. The zero-order valence-corrected chi connectivity index (χ0v) is 15.6. The van der Waals surface area contributed by atoms with Gasteiger partial charge in [0.1, 0.15) is 0 Å². The molecule has 27 heavy (non-hydrogen) atoms. The Balaban J connectivity index is 1.49. The van der Waals surface area contributed by atoms with Crippen LogP contribution in [0.5, 0.6) is 0 Å². The van der Waals surface area contributed by atoms with E-state index in [9.17, 15) is 4.79 Å². The highest BCUT2D eigenvalue weighted by atomic mass is 32.1. The van der Waals surface area contributed by atoms with Crippen LogP contribution in [0.2, 0.25) is 0 Å². The number of rotatable bonds is 5. The van der Waals surface area contributed by atoms with E-state index in [4.69, 9.17) is 10.5 Å². The number of aromatic nitrogens is 2. The number of carbonyl (C=O) groups excluding carboxylic acids is 1. The summed E-state index contributed by atoms with van der Waals surface area (Å²) in [5.74, 6) is -0.127. The number of anilines is 1. The third kappa shape index (κ3) is 4.08. The summed E-state index contributed by atoms with van der Waals surface area (Å²) in [5.41, 5.74) is 8.02. The summed E-state index contributed by atoms with van der Waals surface area (Å²) < 4.78 is 6.43. The molecule has 8 heteroatoms. The highest BCUT2D eigenvalue weighted by Crippen LogP contribution is 2.24. The van der Waals surface area contributed by atoms with Crippen molar-refractivity contribution < 1.29 is 9.53 Å². The summed E-state index contributed by atoms with van der Waals surface area (Å²) in [6.45, 7) is 3.51. The molecule has 1 amide bonds. The van der Waals surface area contributed by atoms with Crippen molar-refractivity contribution in [2.75, 3.05) is 38.6 Å². The number of carbonyl (C=O) groups is 1. The molecule has 7 nitrogen and oxygen atoms in total. The van der Waals surface area contributed by atoms with E-state index >= 15 is 0 Å². The molecule has 0 bridgehead atoms. The predicted octanol–water partition coefficient (Wildman–Crippen LogP) is 2.08. The molecule has 1 atom stereocenters. The average molecular weight is 383 g/mol. The van der Waals surface area contributed by atoms with Crippen LogP contribution in [0.1, 0.15) is 22.1 Å². The van der Waals surface area contributed by atoms with Gasteiger partial charge in [0.25, 0.3) is 5.91 Å². The number of nitrogen functional groups attached to an aromatic ring is 1. The minimum atomic E-state index is -0.127. The lowest BCUT2D eigenvalue weighted by molar-refractivity contribution is 0.0154. The lowest BCUT2D eigenvalue weighted by Crippen LogP contribution is -2.44. The highest BCUT2D eigenvalue weighted by molar-refractivity contribution is 7.22. The maximum absolute atomic E-state index is 12.7. The molecule has 2 aromatic heterocycles. The number of hydrogen-bond donors (Lipinski definition) is 2. The molecule has 1 unspecified atom stereocenters. The molecule has 0 radical (unpaired) electrons. The molecule has 140 valence electrons. The second-order valence-corrected chi connectivity index (χ2v) is 7.43. The van der Waals surface area contributed by atoms with Crippen molar-refractivity contribution in [2.24, 2.45) is 0 Å². The van der Waals surface area contributed by atoms with E-state index in [2.05, 4.69) is 20.2 Å². The fourth-order valence-electron chi connectivity index (χ4n) is 3.26. The Labute approximate surface area is 161 Å². The summed E-state index contributed by atoms with van der Waals surface area (Å²) in [6, 6.07) is 11.3. The molecule has 3 heterocycles. The van der Waals surface area contributed by atoms with Gasteiger partial charge in [-0.3, -0.25) is 14.7 Å². The summed E-state index contributed by atoms with van der Waals surface area (Å²) >= 11 is 1.42. The molecular formula is C19H21N5O2S. The largest absolute Gasteiger partial charge is 0.379 e. The lowest BCUT2D eigenvalue weighted by atomic mass is 10.1. The summed E-state index contributed by atoms with van der Waals surface area (Å²) in [7, 11) is 0. The van der Waals surface area contributed by atoms with Crippen LogP contribution in [0.4, 0.5) is 5.13 Å². The second kappa shape index (κ2) is 7.99. The Morgan fingerprint density at radius 1 is 1.30 bits per heavy atom. The van der Waals surface area contributed by atoms with Gasteiger partial charge in [-0.25, -0.2) is 4.98 Å².